The number of aryl methyl sites for hydroxylation is 1. The van der Waals surface area contributed by atoms with Gasteiger partial charge in [0, 0.05) is 28.3 Å². The standard InChI is InChI=1S/C28H23NO12/c1-7-4-10-15(22(33)13(7)27(38)29-8(2)28(39)40)16-17(26(37)21(10)32)25(36)19-18(24(16)35)20(31)11-5-9(41-3)6-12(30)14(11)23(19)34/h4-6,8,21,26,30,32-33,35-37H,1-3H3,(H,29,38)(H,39,40). The smallest absolute Gasteiger partial charge is 0.325 e. The molecule has 13 nitrogen and oxygen atoms in total. The molecular weight excluding hydrogens is 542 g/mol. The number of ketones is 2. The summed E-state index contributed by atoms with van der Waals surface area (Å²) in [7, 11) is 1.25. The maximum absolute atomic E-state index is 13.6. The molecule has 0 aromatic heterocycles. The van der Waals surface area contributed by atoms with Gasteiger partial charge in [0.15, 0.2) is 5.78 Å². The largest absolute Gasteiger partial charge is 0.507 e. The highest BCUT2D eigenvalue weighted by Gasteiger charge is 2.45. The van der Waals surface area contributed by atoms with Gasteiger partial charge < -0.3 is 45.8 Å². The Balaban J connectivity index is 1.84. The minimum absolute atomic E-state index is 0.00998. The van der Waals surface area contributed by atoms with Crippen molar-refractivity contribution < 1.29 is 59.7 Å². The number of aliphatic carboxylic acids is 1. The van der Waals surface area contributed by atoms with E-state index >= 15 is 0 Å². The number of nitrogens with one attached hydrogen (secondary N) is 1. The number of rotatable bonds is 4. The summed E-state index contributed by atoms with van der Waals surface area (Å²) in [6.07, 6.45) is -3.83. The summed E-state index contributed by atoms with van der Waals surface area (Å²) in [6.45, 7) is 2.56. The molecule has 0 aliphatic heterocycles. The molecule has 0 fully saturated rings. The zero-order valence-electron chi connectivity index (χ0n) is 21.6. The predicted octanol–water partition coefficient (Wildman–Crippen LogP) is 1.55. The van der Waals surface area contributed by atoms with E-state index < -0.39 is 104 Å². The number of hydrogen-bond donors (Lipinski definition) is 8. The lowest BCUT2D eigenvalue weighted by molar-refractivity contribution is -0.138. The number of methoxy groups -OCH3 is 1. The van der Waals surface area contributed by atoms with Gasteiger partial charge >= 0.3 is 5.97 Å². The third kappa shape index (κ3) is 3.70. The molecular formula is C28H23NO12. The van der Waals surface area contributed by atoms with Crippen molar-refractivity contribution in [3.8, 4) is 39.9 Å². The third-order valence-corrected chi connectivity index (χ3v) is 7.37. The molecule has 0 bridgehead atoms. The Morgan fingerprint density at radius 2 is 1.49 bits per heavy atom. The van der Waals surface area contributed by atoms with Gasteiger partial charge in [0.1, 0.15) is 47.0 Å². The molecule has 5 rings (SSSR count). The molecule has 3 aromatic rings. The fourth-order valence-electron chi connectivity index (χ4n) is 5.39. The second-order valence-electron chi connectivity index (χ2n) is 9.77. The number of carbonyl (C=O) groups is 4. The molecule has 2 aliphatic rings. The molecule has 0 heterocycles. The van der Waals surface area contributed by atoms with Crippen LogP contribution in [0.2, 0.25) is 0 Å². The first-order chi connectivity index (χ1) is 19.2. The van der Waals surface area contributed by atoms with Crippen LogP contribution in [0.4, 0.5) is 0 Å². The van der Waals surface area contributed by atoms with Crippen LogP contribution >= 0.6 is 0 Å². The van der Waals surface area contributed by atoms with Gasteiger partial charge in [-0.1, -0.05) is 6.07 Å². The molecule has 0 saturated carbocycles. The van der Waals surface area contributed by atoms with Crippen molar-refractivity contribution in [1.82, 2.24) is 5.32 Å². The van der Waals surface area contributed by atoms with E-state index in [2.05, 4.69) is 5.32 Å². The van der Waals surface area contributed by atoms with Crippen LogP contribution in [0, 0.1) is 6.92 Å². The number of phenols is 4. The van der Waals surface area contributed by atoms with Crippen LogP contribution in [0.15, 0.2) is 18.2 Å². The molecule has 13 heteroatoms. The number of benzene rings is 3. The fourth-order valence-corrected chi connectivity index (χ4v) is 5.39. The fraction of sp³-hybridized carbons (Fsp3) is 0.214. The van der Waals surface area contributed by atoms with Crippen molar-refractivity contribution in [2.75, 3.05) is 7.11 Å². The minimum atomic E-state index is -1.98. The highest BCUT2D eigenvalue weighted by atomic mass is 16.5. The lowest BCUT2D eigenvalue weighted by atomic mass is 9.73. The molecule has 8 N–H and O–H groups in total. The molecule has 3 atom stereocenters. The number of aliphatic hydroxyl groups is 2. The van der Waals surface area contributed by atoms with Gasteiger partial charge in [0.2, 0.25) is 5.78 Å². The van der Waals surface area contributed by atoms with Crippen LogP contribution in [-0.4, -0.2) is 72.3 Å². The van der Waals surface area contributed by atoms with Crippen LogP contribution in [0.1, 0.15) is 78.0 Å². The van der Waals surface area contributed by atoms with E-state index in [1.54, 1.807) is 0 Å². The number of aromatic hydroxyl groups is 4. The van der Waals surface area contributed by atoms with E-state index in [0.717, 1.165) is 12.1 Å². The predicted molar refractivity (Wildman–Crippen MR) is 138 cm³/mol. The Kier molecular flexibility index (Phi) is 6.16. The number of phenolic OH excluding ortho intramolecular Hbond substituents is 4. The van der Waals surface area contributed by atoms with E-state index in [1.807, 2.05) is 0 Å². The molecule has 3 unspecified atom stereocenters. The van der Waals surface area contributed by atoms with Crippen molar-refractivity contribution in [2.45, 2.75) is 32.1 Å². The lowest BCUT2D eigenvalue weighted by Crippen LogP contribution is -2.38. The van der Waals surface area contributed by atoms with E-state index in [0.29, 0.717) is 0 Å². The first kappa shape index (κ1) is 27.4. The van der Waals surface area contributed by atoms with Gasteiger partial charge in [0.05, 0.1) is 29.4 Å². The maximum Gasteiger partial charge on any atom is 0.325 e. The van der Waals surface area contributed by atoms with Gasteiger partial charge in [-0.2, -0.15) is 0 Å². The highest BCUT2D eigenvalue weighted by Crippen LogP contribution is 2.58. The third-order valence-electron chi connectivity index (χ3n) is 7.37. The van der Waals surface area contributed by atoms with Crippen LogP contribution in [0.25, 0.3) is 11.1 Å². The number of hydrogen-bond acceptors (Lipinski definition) is 11. The SMILES string of the molecule is COc1cc(O)c2c(c1)C(=O)c1c(O)c3c(c(O)c1C2=O)C(O)C(O)c1cc(C)c(C(=O)NC(C)C(=O)O)c(O)c1-3. The molecule has 0 saturated heterocycles. The van der Waals surface area contributed by atoms with Crippen molar-refractivity contribution in [3.63, 3.8) is 0 Å². The van der Waals surface area contributed by atoms with Gasteiger partial charge in [-0.15, -0.1) is 0 Å². The highest BCUT2D eigenvalue weighted by molar-refractivity contribution is 6.32. The Morgan fingerprint density at radius 1 is 0.854 bits per heavy atom. The second kappa shape index (κ2) is 9.21. The summed E-state index contributed by atoms with van der Waals surface area (Å²) in [6, 6.07) is 2.07. The maximum atomic E-state index is 13.6. The number of carboxylic acid groups (broad SMARTS) is 1. The van der Waals surface area contributed by atoms with Gasteiger partial charge in [0.25, 0.3) is 5.91 Å². The number of carbonyl (C=O) groups excluding carboxylic acids is 3. The zero-order valence-corrected chi connectivity index (χ0v) is 21.6. The first-order valence-corrected chi connectivity index (χ1v) is 12.1. The van der Waals surface area contributed by atoms with Crippen LogP contribution in [-0.2, 0) is 4.79 Å². The quantitative estimate of drug-likeness (QED) is 0.165. The van der Waals surface area contributed by atoms with Gasteiger partial charge in [-0.25, -0.2) is 0 Å². The Labute approximate surface area is 230 Å². The van der Waals surface area contributed by atoms with Crippen molar-refractivity contribution in [3.05, 3.63) is 62.7 Å². The van der Waals surface area contributed by atoms with E-state index in [-0.39, 0.29) is 22.4 Å². The molecule has 212 valence electrons. The molecule has 2 aliphatic carbocycles. The van der Waals surface area contributed by atoms with Crippen LogP contribution in [0.5, 0.6) is 28.7 Å². The van der Waals surface area contributed by atoms with E-state index in [1.165, 1.54) is 27.0 Å². The topological polar surface area (TPSA) is 231 Å². The van der Waals surface area contributed by atoms with E-state index in [4.69, 9.17) is 9.84 Å². The van der Waals surface area contributed by atoms with Gasteiger partial charge in [-0.3, -0.25) is 19.2 Å². The number of ether oxygens (including phenoxy) is 1. The summed E-state index contributed by atoms with van der Waals surface area (Å²) in [5, 5.41) is 77.7. The lowest BCUT2D eigenvalue weighted by Gasteiger charge is -2.34. The first-order valence-electron chi connectivity index (χ1n) is 12.1. The summed E-state index contributed by atoms with van der Waals surface area (Å²) < 4.78 is 5.05. The monoisotopic (exact) mass is 565 g/mol. The summed E-state index contributed by atoms with van der Waals surface area (Å²) in [5.74, 6) is -7.94. The average Bonchev–Trinajstić information content (AvgIpc) is 2.90. The second-order valence-corrected chi connectivity index (χ2v) is 9.77. The summed E-state index contributed by atoms with van der Waals surface area (Å²) in [5.41, 5.74) is -4.48. The summed E-state index contributed by atoms with van der Waals surface area (Å²) >= 11 is 0. The Bertz CT molecular complexity index is 1740. The molecule has 41 heavy (non-hydrogen) atoms. The number of amides is 1. The molecule has 0 radical (unpaired) electrons. The number of fused-ring (bicyclic) bond motifs is 5. The Morgan fingerprint density at radius 3 is 2.10 bits per heavy atom. The minimum Gasteiger partial charge on any atom is -0.507 e. The normalized spacial score (nSPS) is 17.6. The molecule has 0 spiro atoms. The van der Waals surface area contributed by atoms with E-state index in [9.17, 15) is 49.8 Å². The number of aliphatic hydroxyl groups excluding tert-OH is 2. The van der Waals surface area contributed by atoms with Crippen molar-refractivity contribution in [1.29, 1.82) is 0 Å². The summed E-state index contributed by atoms with van der Waals surface area (Å²) in [4.78, 5) is 51.3. The van der Waals surface area contributed by atoms with Crippen molar-refractivity contribution >= 4 is 23.4 Å². The van der Waals surface area contributed by atoms with Crippen molar-refractivity contribution in [2.24, 2.45) is 0 Å². The molecule has 3 aromatic carbocycles. The van der Waals surface area contributed by atoms with Crippen LogP contribution in [0.3, 0.4) is 0 Å². The molecule has 1 amide bonds. The Hall–Kier alpha value is -5.14. The number of carboxylic acids is 1. The average molecular weight is 565 g/mol. The van der Waals surface area contributed by atoms with Crippen LogP contribution < -0.4 is 10.1 Å². The zero-order chi connectivity index (χ0) is 30.2. The van der Waals surface area contributed by atoms with Gasteiger partial charge in [-0.05, 0) is 31.0 Å².